The molecule has 1 atom stereocenters. The number of aryl methyl sites for hydroxylation is 1. The zero-order chi connectivity index (χ0) is 22.3. The van der Waals surface area contributed by atoms with Crippen LogP contribution in [0.15, 0.2) is 48.5 Å². The smallest absolute Gasteiger partial charge is 0.335 e. The number of imide groups is 1. The summed E-state index contributed by atoms with van der Waals surface area (Å²) >= 11 is 0. The highest BCUT2D eigenvalue weighted by Crippen LogP contribution is 2.41. The van der Waals surface area contributed by atoms with Gasteiger partial charge >= 0.3 is 5.97 Å². The Kier molecular flexibility index (Phi) is 4.94. The summed E-state index contributed by atoms with van der Waals surface area (Å²) in [6.07, 6.45) is -0.106. The van der Waals surface area contributed by atoms with E-state index in [4.69, 9.17) is 10.5 Å². The van der Waals surface area contributed by atoms with Gasteiger partial charge in [-0.25, -0.2) is 14.4 Å². The number of carbonyl (C=O) groups is 3. The number of carboxylic acids is 1. The molecule has 2 heterocycles. The summed E-state index contributed by atoms with van der Waals surface area (Å²) in [5.41, 5.74) is 8.13. The van der Waals surface area contributed by atoms with Gasteiger partial charge in [0, 0.05) is 12.0 Å². The van der Waals surface area contributed by atoms with Gasteiger partial charge in [0.25, 0.3) is 0 Å². The molecule has 0 spiro atoms. The lowest BCUT2D eigenvalue weighted by Gasteiger charge is -2.18. The van der Waals surface area contributed by atoms with Gasteiger partial charge in [0.15, 0.2) is 0 Å². The number of rotatable bonds is 5. The number of nitrogens with two attached hydrogens (primary N) is 1. The summed E-state index contributed by atoms with van der Waals surface area (Å²) in [6.45, 7) is 1.73. The van der Waals surface area contributed by atoms with Gasteiger partial charge in [-0.05, 0) is 37.3 Å². The Balaban J connectivity index is 1.76. The van der Waals surface area contributed by atoms with E-state index in [0.717, 1.165) is 10.6 Å². The van der Waals surface area contributed by atoms with Gasteiger partial charge < -0.3 is 15.6 Å². The number of hydrogen-bond donors (Lipinski definition) is 2. The van der Waals surface area contributed by atoms with Gasteiger partial charge in [-0.2, -0.15) is 5.10 Å². The van der Waals surface area contributed by atoms with Gasteiger partial charge in [0.1, 0.15) is 11.6 Å². The molecule has 9 nitrogen and oxygen atoms in total. The van der Waals surface area contributed by atoms with Gasteiger partial charge in [0.05, 0.1) is 35.7 Å². The third-order valence-electron chi connectivity index (χ3n) is 5.31. The third-order valence-corrected chi connectivity index (χ3v) is 5.31. The Morgan fingerprint density at radius 2 is 1.90 bits per heavy atom. The molecule has 1 aliphatic rings. The van der Waals surface area contributed by atoms with Gasteiger partial charge in [-0.1, -0.05) is 18.2 Å². The second kappa shape index (κ2) is 7.60. The topological polar surface area (TPSA) is 128 Å². The highest BCUT2D eigenvalue weighted by molar-refractivity contribution is 6.23. The summed E-state index contributed by atoms with van der Waals surface area (Å²) in [5.74, 6) is -2.48. The normalized spacial score (nSPS) is 16.1. The van der Waals surface area contributed by atoms with E-state index in [-0.39, 0.29) is 29.2 Å². The zero-order valence-corrected chi connectivity index (χ0v) is 16.9. The molecule has 2 amide bonds. The lowest BCUT2D eigenvalue weighted by molar-refractivity contribution is -0.121. The fraction of sp³-hybridized carbons (Fsp3) is 0.182. The van der Waals surface area contributed by atoms with Crippen LogP contribution in [-0.4, -0.2) is 39.8 Å². The number of hydrogen-bond acceptors (Lipinski definition) is 6. The molecule has 2 aromatic carbocycles. The Bertz CT molecular complexity index is 1200. The average Bonchev–Trinajstić information content (AvgIpc) is 3.22. The Hall–Kier alpha value is -4.14. The molecule has 1 unspecified atom stereocenters. The van der Waals surface area contributed by atoms with E-state index in [1.807, 2.05) is 30.3 Å². The highest BCUT2D eigenvalue weighted by atomic mass is 16.5. The largest absolute Gasteiger partial charge is 0.495 e. The minimum atomic E-state index is -1.18. The predicted molar refractivity (Wildman–Crippen MR) is 113 cm³/mol. The van der Waals surface area contributed by atoms with Crippen LogP contribution in [0.25, 0.3) is 5.69 Å². The molecule has 1 saturated heterocycles. The second-order valence-electron chi connectivity index (χ2n) is 7.15. The number of aromatic nitrogens is 2. The van der Waals surface area contributed by atoms with Crippen LogP contribution in [0.5, 0.6) is 5.75 Å². The molecule has 31 heavy (non-hydrogen) atoms. The number of benzene rings is 2. The molecule has 9 heteroatoms. The van der Waals surface area contributed by atoms with Crippen LogP contribution in [0, 0.1) is 6.92 Å². The minimum Gasteiger partial charge on any atom is -0.495 e. The summed E-state index contributed by atoms with van der Waals surface area (Å²) in [5, 5.41) is 13.8. The Morgan fingerprint density at radius 3 is 2.55 bits per heavy atom. The number of methoxy groups -OCH3 is 1. The standard InChI is InChI=1S/C22H20N4O5/c1-12-19(20(23)26(24-12)14-6-4-3-5-7-14)15-11-18(27)25(21(15)28)16-10-13(22(29)30)8-9-17(16)31-2/h3-10,15H,11,23H2,1-2H3,(H,29,30). The fourth-order valence-electron chi connectivity index (χ4n) is 3.86. The maximum atomic E-state index is 13.3. The number of nitrogen functional groups attached to an aromatic ring is 1. The number of amides is 2. The van der Waals surface area contributed by atoms with Crippen molar-refractivity contribution in [2.45, 2.75) is 19.3 Å². The molecule has 3 aromatic rings. The molecule has 1 fully saturated rings. The predicted octanol–water partition coefficient (Wildman–Crippen LogP) is 2.52. The van der Waals surface area contributed by atoms with Crippen molar-refractivity contribution in [2.24, 2.45) is 0 Å². The lowest BCUT2D eigenvalue weighted by atomic mass is 9.97. The van der Waals surface area contributed by atoms with Crippen LogP contribution in [0.2, 0.25) is 0 Å². The molecule has 4 rings (SSSR count). The number of para-hydroxylation sites is 1. The highest BCUT2D eigenvalue weighted by Gasteiger charge is 2.44. The first-order chi connectivity index (χ1) is 14.8. The van der Waals surface area contributed by atoms with Gasteiger partial charge in [0.2, 0.25) is 11.8 Å². The first-order valence-corrected chi connectivity index (χ1v) is 9.52. The molecule has 158 valence electrons. The average molecular weight is 420 g/mol. The van der Waals surface area contributed by atoms with E-state index in [2.05, 4.69) is 5.10 Å². The monoisotopic (exact) mass is 420 g/mol. The Labute approximate surface area is 177 Å². The molecule has 0 aliphatic carbocycles. The molecule has 3 N–H and O–H groups in total. The maximum absolute atomic E-state index is 13.3. The van der Waals surface area contributed by atoms with Crippen molar-refractivity contribution >= 4 is 29.3 Å². The van der Waals surface area contributed by atoms with E-state index < -0.39 is 23.7 Å². The van der Waals surface area contributed by atoms with E-state index in [1.54, 1.807) is 6.92 Å². The van der Waals surface area contributed by atoms with Crippen molar-refractivity contribution in [1.29, 1.82) is 0 Å². The third kappa shape index (κ3) is 3.29. The molecule has 0 saturated carbocycles. The first kappa shape index (κ1) is 20.1. The van der Waals surface area contributed by atoms with Crippen molar-refractivity contribution in [2.75, 3.05) is 17.7 Å². The van der Waals surface area contributed by atoms with Crippen LogP contribution in [0.4, 0.5) is 11.5 Å². The van der Waals surface area contributed by atoms with Crippen LogP contribution in [0.1, 0.15) is 34.0 Å². The lowest BCUT2D eigenvalue weighted by Crippen LogP contribution is -2.30. The summed E-state index contributed by atoms with van der Waals surface area (Å²) < 4.78 is 6.80. The van der Waals surface area contributed by atoms with Crippen LogP contribution in [0.3, 0.4) is 0 Å². The number of carboxylic acid groups (broad SMARTS) is 1. The molecule has 0 radical (unpaired) electrons. The molecular weight excluding hydrogens is 400 g/mol. The second-order valence-corrected chi connectivity index (χ2v) is 7.15. The number of ether oxygens (including phenoxy) is 1. The number of aromatic carboxylic acids is 1. The molecule has 0 bridgehead atoms. The molecule has 1 aromatic heterocycles. The first-order valence-electron chi connectivity index (χ1n) is 9.52. The van der Waals surface area contributed by atoms with Crippen LogP contribution >= 0.6 is 0 Å². The number of anilines is 2. The van der Waals surface area contributed by atoms with Crippen molar-refractivity contribution in [3.63, 3.8) is 0 Å². The van der Waals surface area contributed by atoms with Gasteiger partial charge in [-0.15, -0.1) is 0 Å². The SMILES string of the molecule is COc1ccc(C(=O)O)cc1N1C(=O)CC(c2c(C)nn(-c3ccccc3)c2N)C1=O. The van der Waals surface area contributed by atoms with Gasteiger partial charge in [-0.3, -0.25) is 9.59 Å². The molecular formula is C22H20N4O5. The van der Waals surface area contributed by atoms with Crippen molar-refractivity contribution < 1.29 is 24.2 Å². The fourth-order valence-corrected chi connectivity index (χ4v) is 3.86. The van der Waals surface area contributed by atoms with Crippen molar-refractivity contribution in [3.05, 3.63) is 65.4 Å². The van der Waals surface area contributed by atoms with Crippen LogP contribution in [-0.2, 0) is 9.59 Å². The zero-order valence-electron chi connectivity index (χ0n) is 16.9. The quantitative estimate of drug-likeness (QED) is 0.607. The van der Waals surface area contributed by atoms with E-state index in [9.17, 15) is 19.5 Å². The van der Waals surface area contributed by atoms with Crippen molar-refractivity contribution in [1.82, 2.24) is 9.78 Å². The number of nitrogens with zero attached hydrogens (tertiary/aromatic N) is 3. The minimum absolute atomic E-state index is 0.0626. The summed E-state index contributed by atoms with van der Waals surface area (Å²) in [6, 6.07) is 13.2. The summed E-state index contributed by atoms with van der Waals surface area (Å²) in [7, 11) is 1.38. The summed E-state index contributed by atoms with van der Waals surface area (Å²) in [4.78, 5) is 38.5. The maximum Gasteiger partial charge on any atom is 0.335 e. The van der Waals surface area contributed by atoms with Crippen LogP contribution < -0.4 is 15.4 Å². The number of carbonyl (C=O) groups excluding carboxylic acids is 2. The van der Waals surface area contributed by atoms with E-state index >= 15 is 0 Å². The van der Waals surface area contributed by atoms with Crippen molar-refractivity contribution in [3.8, 4) is 11.4 Å². The Morgan fingerprint density at radius 1 is 1.19 bits per heavy atom. The molecule has 1 aliphatic heterocycles. The van der Waals surface area contributed by atoms with E-state index in [0.29, 0.717) is 11.3 Å². The van der Waals surface area contributed by atoms with E-state index in [1.165, 1.54) is 30.0 Å².